The Hall–Kier alpha value is -0.0800. The van der Waals surface area contributed by atoms with Crippen LogP contribution in [-0.2, 0) is 4.74 Å². The van der Waals surface area contributed by atoms with Crippen LogP contribution in [0.25, 0.3) is 0 Å². The molecular weight excluding hydrogens is 164 g/mol. The predicted molar refractivity (Wildman–Crippen MR) is 53.6 cm³/mol. The molecule has 0 heterocycles. The quantitative estimate of drug-likeness (QED) is 0.667. The molecule has 0 aliphatic heterocycles. The molecule has 0 amide bonds. The molecule has 2 nitrogen and oxygen atoms in total. The van der Waals surface area contributed by atoms with Gasteiger partial charge in [0.25, 0.3) is 0 Å². The second-order valence-corrected chi connectivity index (χ2v) is 5.29. The van der Waals surface area contributed by atoms with E-state index < -0.39 is 0 Å². The molecule has 0 aromatic heterocycles. The molecule has 0 spiro atoms. The third-order valence-electron chi connectivity index (χ3n) is 2.45. The van der Waals surface area contributed by atoms with Crippen LogP contribution in [0.2, 0.25) is 0 Å². The average Bonchev–Trinajstić information content (AvgIpc) is 2.77. The van der Waals surface area contributed by atoms with Crippen LogP contribution in [0.5, 0.6) is 0 Å². The number of rotatable bonds is 5. The Labute approximate surface area is 81.3 Å². The highest BCUT2D eigenvalue weighted by molar-refractivity contribution is 4.80. The Bertz CT molecular complexity index is 145. The van der Waals surface area contributed by atoms with Gasteiger partial charge in [0.2, 0.25) is 0 Å². The summed E-state index contributed by atoms with van der Waals surface area (Å²) < 4.78 is 5.42. The summed E-state index contributed by atoms with van der Waals surface area (Å²) in [6.07, 6.45) is 3.22. The van der Waals surface area contributed by atoms with Gasteiger partial charge in [-0.05, 0) is 30.6 Å². The van der Waals surface area contributed by atoms with Crippen LogP contribution < -0.4 is 0 Å². The van der Waals surface area contributed by atoms with Crippen LogP contribution >= 0.6 is 0 Å². The first kappa shape index (κ1) is 11.0. The molecule has 0 aromatic carbocycles. The van der Waals surface area contributed by atoms with E-state index in [1.54, 1.807) is 0 Å². The maximum Gasteiger partial charge on any atom is 0.0801 e. The lowest BCUT2D eigenvalue weighted by Gasteiger charge is -2.18. The van der Waals surface area contributed by atoms with Crippen LogP contribution in [0.15, 0.2) is 0 Å². The lowest BCUT2D eigenvalue weighted by atomic mass is 9.93. The number of ether oxygens (including phenoxy) is 1. The molecule has 1 unspecified atom stereocenters. The van der Waals surface area contributed by atoms with Crippen molar-refractivity contribution >= 4 is 0 Å². The molecule has 1 rings (SSSR count). The van der Waals surface area contributed by atoms with E-state index in [-0.39, 0.29) is 6.10 Å². The molecule has 0 aromatic rings. The molecule has 1 N–H and O–H groups in total. The minimum Gasteiger partial charge on any atom is -0.390 e. The summed E-state index contributed by atoms with van der Waals surface area (Å²) >= 11 is 0. The standard InChI is InChI=1S/C11H22O2/c1-11(2,3)6-7-13-8-10(12)9-4-5-9/h9-10,12H,4-8H2,1-3H3. The van der Waals surface area contributed by atoms with Crippen molar-refractivity contribution in [3.05, 3.63) is 0 Å². The van der Waals surface area contributed by atoms with Crippen molar-refractivity contribution in [3.63, 3.8) is 0 Å². The maximum absolute atomic E-state index is 9.49. The fourth-order valence-electron chi connectivity index (χ4n) is 1.20. The average molecular weight is 186 g/mol. The molecule has 1 saturated carbocycles. The molecule has 1 fully saturated rings. The normalized spacial score (nSPS) is 20.3. The van der Waals surface area contributed by atoms with Gasteiger partial charge in [-0.3, -0.25) is 0 Å². The summed E-state index contributed by atoms with van der Waals surface area (Å²) in [6, 6.07) is 0. The van der Waals surface area contributed by atoms with Gasteiger partial charge in [0, 0.05) is 6.61 Å². The first-order valence-electron chi connectivity index (χ1n) is 5.25. The Morgan fingerprint density at radius 3 is 2.46 bits per heavy atom. The van der Waals surface area contributed by atoms with Crippen LogP contribution in [0, 0.1) is 11.3 Å². The third-order valence-corrected chi connectivity index (χ3v) is 2.45. The van der Waals surface area contributed by atoms with E-state index in [1.807, 2.05) is 0 Å². The summed E-state index contributed by atoms with van der Waals surface area (Å²) in [6.45, 7) is 7.91. The van der Waals surface area contributed by atoms with Gasteiger partial charge >= 0.3 is 0 Å². The zero-order chi connectivity index (χ0) is 9.90. The molecule has 0 radical (unpaired) electrons. The molecule has 0 bridgehead atoms. The summed E-state index contributed by atoms with van der Waals surface area (Å²) in [5, 5.41) is 9.49. The van der Waals surface area contributed by atoms with Crippen molar-refractivity contribution in [3.8, 4) is 0 Å². The lowest BCUT2D eigenvalue weighted by molar-refractivity contribution is 0.0170. The monoisotopic (exact) mass is 186 g/mol. The summed E-state index contributed by atoms with van der Waals surface area (Å²) in [5.74, 6) is 0.537. The lowest BCUT2D eigenvalue weighted by Crippen LogP contribution is -2.19. The second-order valence-electron chi connectivity index (χ2n) is 5.29. The van der Waals surface area contributed by atoms with E-state index in [4.69, 9.17) is 4.74 Å². The minimum atomic E-state index is -0.208. The van der Waals surface area contributed by atoms with Gasteiger partial charge in [-0.2, -0.15) is 0 Å². The van der Waals surface area contributed by atoms with Crippen LogP contribution in [-0.4, -0.2) is 24.4 Å². The Morgan fingerprint density at radius 1 is 1.38 bits per heavy atom. The van der Waals surface area contributed by atoms with Gasteiger partial charge in [-0.1, -0.05) is 20.8 Å². The van der Waals surface area contributed by atoms with Crippen molar-refractivity contribution in [1.29, 1.82) is 0 Å². The zero-order valence-corrected chi connectivity index (χ0v) is 9.05. The first-order valence-corrected chi connectivity index (χ1v) is 5.25. The zero-order valence-electron chi connectivity index (χ0n) is 9.05. The van der Waals surface area contributed by atoms with Crippen LogP contribution in [0.4, 0.5) is 0 Å². The Balaban J connectivity index is 1.94. The summed E-state index contributed by atoms with van der Waals surface area (Å²) in [4.78, 5) is 0. The van der Waals surface area contributed by atoms with Crippen molar-refractivity contribution in [2.45, 2.75) is 46.1 Å². The molecular formula is C11H22O2. The smallest absolute Gasteiger partial charge is 0.0801 e. The highest BCUT2D eigenvalue weighted by Gasteiger charge is 2.29. The maximum atomic E-state index is 9.49. The highest BCUT2D eigenvalue weighted by Crippen LogP contribution is 2.32. The Kier molecular flexibility index (Phi) is 3.74. The van der Waals surface area contributed by atoms with Crippen LogP contribution in [0.3, 0.4) is 0 Å². The van der Waals surface area contributed by atoms with E-state index in [0.717, 1.165) is 13.0 Å². The molecule has 0 saturated heterocycles. The summed E-state index contributed by atoms with van der Waals surface area (Å²) in [7, 11) is 0. The van der Waals surface area contributed by atoms with E-state index >= 15 is 0 Å². The van der Waals surface area contributed by atoms with Gasteiger partial charge in [0.05, 0.1) is 12.7 Å². The highest BCUT2D eigenvalue weighted by atomic mass is 16.5. The molecule has 1 aliphatic rings. The fourth-order valence-corrected chi connectivity index (χ4v) is 1.20. The van der Waals surface area contributed by atoms with Gasteiger partial charge in [-0.15, -0.1) is 0 Å². The molecule has 1 atom stereocenters. The van der Waals surface area contributed by atoms with Crippen LogP contribution in [0.1, 0.15) is 40.0 Å². The molecule has 13 heavy (non-hydrogen) atoms. The van der Waals surface area contributed by atoms with E-state index in [1.165, 1.54) is 12.8 Å². The second kappa shape index (κ2) is 4.43. The first-order chi connectivity index (χ1) is 5.99. The SMILES string of the molecule is CC(C)(C)CCOCC(O)C1CC1. The van der Waals surface area contributed by atoms with E-state index in [2.05, 4.69) is 20.8 Å². The number of aliphatic hydroxyl groups is 1. The summed E-state index contributed by atoms with van der Waals surface area (Å²) in [5.41, 5.74) is 0.338. The third kappa shape index (κ3) is 5.27. The van der Waals surface area contributed by atoms with Gasteiger partial charge in [0.15, 0.2) is 0 Å². The molecule has 1 aliphatic carbocycles. The number of hydrogen-bond donors (Lipinski definition) is 1. The number of hydrogen-bond acceptors (Lipinski definition) is 2. The van der Waals surface area contributed by atoms with E-state index in [9.17, 15) is 5.11 Å². The van der Waals surface area contributed by atoms with Gasteiger partial charge < -0.3 is 9.84 Å². The van der Waals surface area contributed by atoms with Crippen molar-refractivity contribution in [2.24, 2.45) is 11.3 Å². The largest absolute Gasteiger partial charge is 0.390 e. The van der Waals surface area contributed by atoms with Crippen molar-refractivity contribution < 1.29 is 9.84 Å². The van der Waals surface area contributed by atoms with Gasteiger partial charge in [0.1, 0.15) is 0 Å². The fraction of sp³-hybridized carbons (Fsp3) is 1.00. The predicted octanol–water partition coefficient (Wildman–Crippen LogP) is 2.21. The number of aliphatic hydroxyl groups excluding tert-OH is 1. The van der Waals surface area contributed by atoms with Crippen molar-refractivity contribution in [2.75, 3.05) is 13.2 Å². The minimum absolute atomic E-state index is 0.208. The topological polar surface area (TPSA) is 29.5 Å². The molecule has 78 valence electrons. The Morgan fingerprint density at radius 2 is 2.00 bits per heavy atom. The molecule has 2 heteroatoms. The van der Waals surface area contributed by atoms with Gasteiger partial charge in [-0.25, -0.2) is 0 Å². The van der Waals surface area contributed by atoms with Crippen molar-refractivity contribution in [1.82, 2.24) is 0 Å². The van der Waals surface area contributed by atoms with E-state index in [0.29, 0.717) is 17.9 Å².